The molecule has 2 N–H and O–H groups in total. The molecule has 2 heterocycles. The van der Waals surface area contributed by atoms with E-state index in [9.17, 15) is 4.79 Å². The largest absolute Gasteiger partial charge is 0.444 e. The van der Waals surface area contributed by atoms with Crippen LogP contribution in [0.5, 0.6) is 0 Å². The lowest BCUT2D eigenvalue weighted by Crippen LogP contribution is -2.32. The van der Waals surface area contributed by atoms with Crippen molar-refractivity contribution in [2.24, 2.45) is 0 Å². The Morgan fingerprint density at radius 1 is 1.35 bits per heavy atom. The van der Waals surface area contributed by atoms with Gasteiger partial charge in [-0.3, -0.25) is 4.98 Å². The van der Waals surface area contributed by atoms with Gasteiger partial charge >= 0.3 is 6.09 Å². The first-order chi connectivity index (χ1) is 9.44. The molecule has 0 fully saturated rings. The van der Waals surface area contributed by atoms with E-state index in [2.05, 4.69) is 20.3 Å². The third-order valence-corrected chi connectivity index (χ3v) is 2.36. The van der Waals surface area contributed by atoms with Crippen molar-refractivity contribution in [1.29, 1.82) is 0 Å². The highest BCUT2D eigenvalue weighted by Gasteiger charge is 2.16. The number of nitrogens with zero attached hydrogens (tertiary/aromatic N) is 2. The number of rotatable bonds is 3. The van der Waals surface area contributed by atoms with Gasteiger partial charge in [0.2, 0.25) is 0 Å². The first kappa shape index (κ1) is 14.0. The summed E-state index contributed by atoms with van der Waals surface area (Å²) in [6, 6.07) is 5.62. The highest BCUT2D eigenvalue weighted by atomic mass is 16.6. The van der Waals surface area contributed by atoms with Crippen molar-refractivity contribution in [2.75, 3.05) is 0 Å². The smallest absolute Gasteiger partial charge is 0.408 e. The molecule has 0 atom stereocenters. The second-order valence-electron chi connectivity index (χ2n) is 5.30. The average molecular weight is 274 g/mol. The summed E-state index contributed by atoms with van der Waals surface area (Å²) in [5, 5.41) is 2.64. The lowest BCUT2D eigenvalue weighted by atomic mass is 10.2. The van der Waals surface area contributed by atoms with Crippen LogP contribution in [0.25, 0.3) is 11.4 Å². The van der Waals surface area contributed by atoms with Gasteiger partial charge in [0.15, 0.2) is 0 Å². The normalized spacial score (nSPS) is 11.2. The van der Waals surface area contributed by atoms with Gasteiger partial charge in [0.25, 0.3) is 0 Å². The molecule has 0 saturated heterocycles. The van der Waals surface area contributed by atoms with Crippen LogP contribution in [0.4, 0.5) is 4.79 Å². The van der Waals surface area contributed by atoms with Gasteiger partial charge in [0.05, 0.1) is 12.2 Å². The minimum Gasteiger partial charge on any atom is -0.444 e. The Morgan fingerprint density at radius 3 is 2.80 bits per heavy atom. The zero-order valence-corrected chi connectivity index (χ0v) is 11.8. The standard InChI is InChI=1S/C14H18N4O2/c1-14(2,3)20-13(19)17-9-12-16-8-11(18-12)10-6-4-5-7-15-10/h4-8H,9H2,1-3H3,(H,16,18)(H,17,19). The van der Waals surface area contributed by atoms with E-state index < -0.39 is 11.7 Å². The van der Waals surface area contributed by atoms with E-state index >= 15 is 0 Å². The number of carbonyl (C=O) groups excluding carboxylic acids is 1. The van der Waals surface area contributed by atoms with Crippen molar-refractivity contribution >= 4 is 6.09 Å². The predicted octanol–water partition coefficient (Wildman–Crippen LogP) is 2.50. The van der Waals surface area contributed by atoms with Crippen LogP contribution in [0, 0.1) is 0 Å². The molecule has 106 valence electrons. The molecule has 0 spiro atoms. The van der Waals surface area contributed by atoms with Crippen LogP contribution in [-0.4, -0.2) is 26.6 Å². The number of H-pyrrole nitrogens is 1. The van der Waals surface area contributed by atoms with Gasteiger partial charge in [-0.2, -0.15) is 0 Å². The zero-order chi connectivity index (χ0) is 14.6. The van der Waals surface area contributed by atoms with Gasteiger partial charge in [-0.05, 0) is 32.9 Å². The Hall–Kier alpha value is -2.37. The Morgan fingerprint density at radius 2 is 2.15 bits per heavy atom. The molecule has 0 saturated carbocycles. The number of carbonyl (C=O) groups is 1. The predicted molar refractivity (Wildman–Crippen MR) is 74.9 cm³/mol. The molecular formula is C14H18N4O2. The molecule has 1 amide bonds. The van der Waals surface area contributed by atoms with Crippen molar-refractivity contribution in [2.45, 2.75) is 32.9 Å². The minimum absolute atomic E-state index is 0.280. The molecule has 2 aromatic heterocycles. The lowest BCUT2D eigenvalue weighted by Gasteiger charge is -2.19. The summed E-state index contributed by atoms with van der Waals surface area (Å²) >= 11 is 0. The highest BCUT2D eigenvalue weighted by molar-refractivity contribution is 5.67. The van der Waals surface area contributed by atoms with Crippen molar-refractivity contribution in [3.8, 4) is 11.4 Å². The summed E-state index contributed by atoms with van der Waals surface area (Å²) in [7, 11) is 0. The fraction of sp³-hybridized carbons (Fsp3) is 0.357. The van der Waals surface area contributed by atoms with Crippen molar-refractivity contribution < 1.29 is 9.53 Å². The third kappa shape index (κ3) is 4.08. The van der Waals surface area contributed by atoms with Crippen molar-refractivity contribution in [3.05, 3.63) is 36.4 Å². The van der Waals surface area contributed by atoms with Gasteiger partial charge in [-0.15, -0.1) is 0 Å². The van der Waals surface area contributed by atoms with Gasteiger partial charge in [-0.25, -0.2) is 9.78 Å². The van der Waals surface area contributed by atoms with E-state index in [-0.39, 0.29) is 6.54 Å². The number of hydrogen-bond acceptors (Lipinski definition) is 4. The van der Waals surface area contributed by atoms with Crippen LogP contribution in [0.1, 0.15) is 26.6 Å². The Bertz CT molecular complexity index is 572. The minimum atomic E-state index is -0.508. The lowest BCUT2D eigenvalue weighted by molar-refractivity contribution is 0.0522. The molecule has 0 radical (unpaired) electrons. The molecule has 0 aromatic carbocycles. The summed E-state index contributed by atoms with van der Waals surface area (Å²) in [6.45, 7) is 5.73. The summed E-state index contributed by atoms with van der Waals surface area (Å²) < 4.78 is 5.15. The van der Waals surface area contributed by atoms with E-state index in [1.54, 1.807) is 12.4 Å². The van der Waals surface area contributed by atoms with Gasteiger partial charge in [0, 0.05) is 12.4 Å². The van der Waals surface area contributed by atoms with Crippen LogP contribution >= 0.6 is 0 Å². The number of pyridine rings is 1. The van der Waals surface area contributed by atoms with Crippen LogP contribution < -0.4 is 5.32 Å². The molecule has 6 nitrogen and oxygen atoms in total. The van der Waals surface area contributed by atoms with Crippen molar-refractivity contribution in [1.82, 2.24) is 20.3 Å². The molecule has 6 heteroatoms. The Kier molecular flexibility index (Phi) is 4.02. The zero-order valence-electron chi connectivity index (χ0n) is 11.8. The van der Waals surface area contributed by atoms with Gasteiger partial charge in [-0.1, -0.05) is 6.07 Å². The van der Waals surface area contributed by atoms with E-state index in [1.807, 2.05) is 39.0 Å². The summed E-state index contributed by atoms with van der Waals surface area (Å²) in [6.07, 6.45) is 3.00. The molecule has 0 aliphatic rings. The second kappa shape index (κ2) is 5.73. The molecule has 0 aliphatic heterocycles. The maximum atomic E-state index is 11.5. The molecule has 0 bridgehead atoms. The van der Waals surface area contributed by atoms with E-state index in [0.717, 1.165) is 11.4 Å². The maximum absolute atomic E-state index is 11.5. The molecule has 2 aromatic rings. The fourth-order valence-corrected chi connectivity index (χ4v) is 1.57. The SMILES string of the molecule is CC(C)(C)OC(=O)NCc1nc(-c2ccccn2)c[nH]1. The van der Waals surface area contributed by atoms with Crippen LogP contribution in [0.3, 0.4) is 0 Å². The number of aromatic amines is 1. The number of imidazole rings is 1. The summed E-state index contributed by atoms with van der Waals surface area (Å²) in [5.41, 5.74) is 1.02. The number of alkyl carbamates (subject to hydrolysis) is 1. The highest BCUT2D eigenvalue weighted by Crippen LogP contribution is 2.13. The second-order valence-corrected chi connectivity index (χ2v) is 5.30. The first-order valence-corrected chi connectivity index (χ1v) is 6.36. The van der Waals surface area contributed by atoms with Crippen LogP contribution in [0.2, 0.25) is 0 Å². The quantitative estimate of drug-likeness (QED) is 0.901. The van der Waals surface area contributed by atoms with Crippen LogP contribution in [-0.2, 0) is 11.3 Å². The maximum Gasteiger partial charge on any atom is 0.408 e. The third-order valence-electron chi connectivity index (χ3n) is 2.36. The molecule has 0 unspecified atom stereocenters. The molecule has 2 rings (SSSR count). The van der Waals surface area contributed by atoms with Crippen LogP contribution in [0.15, 0.2) is 30.6 Å². The monoisotopic (exact) mass is 274 g/mol. The van der Waals surface area contributed by atoms with Gasteiger partial charge in [0.1, 0.15) is 17.1 Å². The van der Waals surface area contributed by atoms with E-state index in [4.69, 9.17) is 4.74 Å². The number of aromatic nitrogens is 3. The van der Waals surface area contributed by atoms with E-state index in [0.29, 0.717) is 5.82 Å². The summed E-state index contributed by atoms with van der Waals surface area (Å²) in [4.78, 5) is 23.1. The van der Waals surface area contributed by atoms with E-state index in [1.165, 1.54) is 0 Å². The first-order valence-electron chi connectivity index (χ1n) is 6.36. The number of hydrogen-bond donors (Lipinski definition) is 2. The molecule has 20 heavy (non-hydrogen) atoms. The Balaban J connectivity index is 1.92. The summed E-state index contributed by atoms with van der Waals surface area (Å²) in [5.74, 6) is 0.650. The molecule has 0 aliphatic carbocycles. The Labute approximate surface area is 117 Å². The number of ether oxygens (including phenoxy) is 1. The molecular weight excluding hydrogens is 256 g/mol. The average Bonchev–Trinajstić information content (AvgIpc) is 2.84. The van der Waals surface area contributed by atoms with Gasteiger partial charge < -0.3 is 15.0 Å². The fourth-order valence-electron chi connectivity index (χ4n) is 1.57. The number of nitrogens with one attached hydrogen (secondary N) is 2. The number of amides is 1. The van der Waals surface area contributed by atoms with Crippen molar-refractivity contribution in [3.63, 3.8) is 0 Å². The topological polar surface area (TPSA) is 79.9 Å².